The van der Waals surface area contributed by atoms with E-state index in [1.807, 2.05) is 0 Å². The highest BCUT2D eigenvalue weighted by atomic mass is 35.5. The number of nitrogens with one attached hydrogen (secondary N) is 1. The average Bonchev–Trinajstić information content (AvgIpc) is 2.86. The van der Waals surface area contributed by atoms with E-state index in [9.17, 15) is 26.8 Å². The van der Waals surface area contributed by atoms with Crippen LogP contribution < -0.4 is 9.62 Å². The molecule has 1 aliphatic carbocycles. The zero-order valence-electron chi connectivity index (χ0n) is 21.2. The van der Waals surface area contributed by atoms with E-state index < -0.39 is 40.2 Å². The molecule has 1 atom stereocenters. The summed E-state index contributed by atoms with van der Waals surface area (Å²) in [6.07, 6.45) is 5.93. The normalized spacial score (nSPS) is 15.1. The Morgan fingerprint density at radius 3 is 2.29 bits per heavy atom. The molecule has 2 amide bonds. The standard InChI is InChI=1S/C26H31Cl2F2N3O4S/c1-3-24(26(35)31-18-7-5-4-6-8-18)32(15-17-9-11-20(27)21(28)13-17)25(34)16-33(38(2,36)37)19-10-12-22(29)23(30)14-19/h9-14,18,24H,3-8,15-16H2,1-2H3,(H,31,35). The second-order valence-corrected chi connectivity index (χ2v) is 12.1. The maximum absolute atomic E-state index is 13.9. The van der Waals surface area contributed by atoms with Crippen LogP contribution in [-0.4, -0.2) is 50.0 Å². The van der Waals surface area contributed by atoms with Gasteiger partial charge in [-0.15, -0.1) is 0 Å². The molecule has 0 heterocycles. The summed E-state index contributed by atoms with van der Waals surface area (Å²) in [4.78, 5) is 28.3. The van der Waals surface area contributed by atoms with E-state index >= 15 is 0 Å². The van der Waals surface area contributed by atoms with E-state index in [2.05, 4.69) is 5.32 Å². The summed E-state index contributed by atoms with van der Waals surface area (Å²) in [5.41, 5.74) is 0.365. The van der Waals surface area contributed by atoms with Gasteiger partial charge in [-0.2, -0.15) is 0 Å². The van der Waals surface area contributed by atoms with Crippen molar-refractivity contribution in [3.8, 4) is 0 Å². The molecule has 2 aromatic rings. The molecule has 0 saturated heterocycles. The van der Waals surface area contributed by atoms with E-state index in [1.165, 1.54) is 4.90 Å². The first-order chi connectivity index (χ1) is 17.9. The van der Waals surface area contributed by atoms with Crippen molar-refractivity contribution < 1.29 is 26.8 Å². The Morgan fingerprint density at radius 2 is 1.71 bits per heavy atom. The molecule has 0 radical (unpaired) electrons. The number of nitrogens with zero attached hydrogens (tertiary/aromatic N) is 2. The van der Waals surface area contributed by atoms with Gasteiger partial charge in [0.25, 0.3) is 0 Å². The largest absolute Gasteiger partial charge is 0.352 e. The highest BCUT2D eigenvalue weighted by Gasteiger charge is 2.33. The van der Waals surface area contributed by atoms with E-state index in [0.29, 0.717) is 21.0 Å². The van der Waals surface area contributed by atoms with Crippen LogP contribution in [0.3, 0.4) is 0 Å². The maximum Gasteiger partial charge on any atom is 0.244 e. The molecule has 1 unspecified atom stereocenters. The molecule has 38 heavy (non-hydrogen) atoms. The third-order valence-electron chi connectivity index (χ3n) is 6.54. The second kappa shape index (κ2) is 13.1. The Kier molecular flexibility index (Phi) is 10.4. The van der Waals surface area contributed by atoms with Gasteiger partial charge in [0.15, 0.2) is 11.6 Å². The first-order valence-electron chi connectivity index (χ1n) is 12.4. The number of carbonyl (C=O) groups is 2. The number of hydrogen-bond acceptors (Lipinski definition) is 4. The summed E-state index contributed by atoms with van der Waals surface area (Å²) < 4.78 is 53.3. The molecule has 0 aliphatic heterocycles. The lowest BCUT2D eigenvalue weighted by molar-refractivity contribution is -0.140. The van der Waals surface area contributed by atoms with Crippen LogP contribution in [-0.2, 0) is 26.2 Å². The van der Waals surface area contributed by atoms with Crippen LogP contribution in [0.5, 0.6) is 0 Å². The van der Waals surface area contributed by atoms with Gasteiger partial charge >= 0.3 is 0 Å². The second-order valence-electron chi connectivity index (χ2n) is 9.41. The van der Waals surface area contributed by atoms with Crippen LogP contribution in [0.1, 0.15) is 51.0 Å². The smallest absolute Gasteiger partial charge is 0.244 e. The van der Waals surface area contributed by atoms with Crippen LogP contribution in [0.15, 0.2) is 36.4 Å². The molecule has 7 nitrogen and oxygen atoms in total. The number of benzene rings is 2. The molecule has 1 saturated carbocycles. The number of anilines is 1. The number of rotatable bonds is 10. The number of amides is 2. The Bertz CT molecular complexity index is 1270. The van der Waals surface area contributed by atoms with Gasteiger partial charge in [0, 0.05) is 18.7 Å². The van der Waals surface area contributed by atoms with E-state index in [4.69, 9.17) is 23.2 Å². The van der Waals surface area contributed by atoms with Crippen molar-refractivity contribution in [3.63, 3.8) is 0 Å². The highest BCUT2D eigenvalue weighted by Crippen LogP contribution is 2.26. The van der Waals surface area contributed by atoms with E-state index in [1.54, 1.807) is 25.1 Å². The Morgan fingerprint density at radius 1 is 1.03 bits per heavy atom. The van der Waals surface area contributed by atoms with E-state index in [0.717, 1.165) is 50.5 Å². The minimum atomic E-state index is -4.08. The molecule has 0 bridgehead atoms. The van der Waals surface area contributed by atoms with Crippen molar-refractivity contribution in [1.82, 2.24) is 10.2 Å². The predicted octanol–water partition coefficient (Wildman–Crippen LogP) is 5.29. The van der Waals surface area contributed by atoms with Gasteiger partial charge in [-0.05, 0) is 49.1 Å². The van der Waals surface area contributed by atoms with Gasteiger partial charge in [-0.3, -0.25) is 13.9 Å². The van der Waals surface area contributed by atoms with Gasteiger partial charge in [0.1, 0.15) is 12.6 Å². The topological polar surface area (TPSA) is 86.8 Å². The summed E-state index contributed by atoms with van der Waals surface area (Å²) in [5.74, 6) is -3.45. The van der Waals surface area contributed by atoms with Crippen molar-refractivity contribution in [2.24, 2.45) is 0 Å². The molecule has 0 aromatic heterocycles. The van der Waals surface area contributed by atoms with Crippen LogP contribution in [0.2, 0.25) is 10.0 Å². The lowest BCUT2D eigenvalue weighted by atomic mass is 9.95. The molecule has 1 N–H and O–H groups in total. The monoisotopic (exact) mass is 589 g/mol. The Hall–Kier alpha value is -2.43. The maximum atomic E-state index is 13.9. The van der Waals surface area contributed by atoms with Crippen molar-refractivity contribution in [1.29, 1.82) is 0 Å². The minimum absolute atomic E-state index is 0.00179. The number of hydrogen-bond donors (Lipinski definition) is 1. The van der Waals surface area contributed by atoms with Crippen molar-refractivity contribution in [2.75, 3.05) is 17.1 Å². The molecule has 0 spiro atoms. The molecule has 2 aromatic carbocycles. The Balaban J connectivity index is 1.94. The summed E-state index contributed by atoms with van der Waals surface area (Å²) in [7, 11) is -4.08. The number of sulfonamides is 1. The zero-order chi connectivity index (χ0) is 28.0. The first-order valence-corrected chi connectivity index (χ1v) is 15.0. The first kappa shape index (κ1) is 30.1. The molecule has 1 fully saturated rings. The van der Waals surface area contributed by atoms with Gasteiger partial charge in [-0.25, -0.2) is 17.2 Å². The minimum Gasteiger partial charge on any atom is -0.352 e. The summed E-state index contributed by atoms with van der Waals surface area (Å²) in [5, 5.41) is 3.61. The lowest BCUT2D eigenvalue weighted by Gasteiger charge is -2.34. The zero-order valence-corrected chi connectivity index (χ0v) is 23.6. The quantitative estimate of drug-likeness (QED) is 0.408. The summed E-state index contributed by atoms with van der Waals surface area (Å²) in [6, 6.07) is 6.45. The van der Waals surface area contributed by atoms with Gasteiger partial charge in [-0.1, -0.05) is 55.5 Å². The lowest BCUT2D eigenvalue weighted by Crippen LogP contribution is -2.54. The van der Waals surface area contributed by atoms with Gasteiger partial charge in [0.2, 0.25) is 21.8 Å². The Labute approximate surface area is 232 Å². The number of halogens is 4. The number of carbonyl (C=O) groups excluding carboxylic acids is 2. The summed E-state index contributed by atoms with van der Waals surface area (Å²) >= 11 is 12.2. The van der Waals surface area contributed by atoms with Gasteiger partial charge in [0.05, 0.1) is 22.0 Å². The molecular formula is C26H31Cl2F2N3O4S. The SMILES string of the molecule is CCC(C(=O)NC1CCCCC1)N(Cc1ccc(Cl)c(Cl)c1)C(=O)CN(c1ccc(F)c(F)c1)S(C)(=O)=O. The molecule has 3 rings (SSSR count). The van der Waals surface area contributed by atoms with Crippen LogP contribution in [0, 0.1) is 11.6 Å². The predicted molar refractivity (Wildman–Crippen MR) is 145 cm³/mol. The van der Waals surface area contributed by atoms with E-state index in [-0.39, 0.29) is 35.6 Å². The molecule has 208 valence electrons. The summed E-state index contributed by atoms with van der Waals surface area (Å²) in [6.45, 7) is 0.976. The fraction of sp³-hybridized carbons (Fsp3) is 0.462. The third kappa shape index (κ3) is 7.80. The van der Waals surface area contributed by atoms with Crippen molar-refractivity contribution in [2.45, 2.75) is 64.1 Å². The van der Waals surface area contributed by atoms with Crippen LogP contribution in [0.25, 0.3) is 0 Å². The fourth-order valence-corrected chi connectivity index (χ4v) is 5.71. The van der Waals surface area contributed by atoms with Gasteiger partial charge < -0.3 is 10.2 Å². The molecule has 12 heteroatoms. The fourth-order valence-electron chi connectivity index (χ4n) is 4.55. The molecular weight excluding hydrogens is 559 g/mol. The van der Waals surface area contributed by atoms with Crippen LogP contribution >= 0.6 is 23.2 Å². The average molecular weight is 591 g/mol. The molecule has 1 aliphatic rings. The van der Waals surface area contributed by atoms with Crippen molar-refractivity contribution >= 4 is 50.7 Å². The highest BCUT2D eigenvalue weighted by molar-refractivity contribution is 7.92. The third-order valence-corrected chi connectivity index (χ3v) is 8.42. The van der Waals surface area contributed by atoms with Crippen molar-refractivity contribution in [3.05, 3.63) is 63.6 Å². The van der Waals surface area contributed by atoms with Crippen LogP contribution in [0.4, 0.5) is 14.5 Å².